The van der Waals surface area contributed by atoms with Crippen molar-refractivity contribution in [3.63, 3.8) is 0 Å². The third-order valence-corrected chi connectivity index (χ3v) is 5.83. The topological polar surface area (TPSA) is 83.8 Å². The molecule has 2 aromatic heterocycles. The minimum atomic E-state index is -0.992. The van der Waals surface area contributed by atoms with E-state index in [1.165, 1.54) is 11.8 Å². The number of aryl methyl sites for hydroxylation is 1. The Morgan fingerprint density at radius 1 is 1.31 bits per heavy atom. The number of hydrogen-bond acceptors (Lipinski definition) is 4. The van der Waals surface area contributed by atoms with Gasteiger partial charge in [-0.25, -0.2) is 4.79 Å². The van der Waals surface area contributed by atoms with Crippen molar-refractivity contribution in [1.29, 1.82) is 5.26 Å². The molecule has 2 aromatic carbocycles. The van der Waals surface area contributed by atoms with Crippen molar-refractivity contribution >= 4 is 40.2 Å². The number of benzene rings is 2. The Morgan fingerprint density at radius 2 is 2.14 bits per heavy atom. The number of nitriles is 1. The van der Waals surface area contributed by atoms with E-state index in [-0.39, 0.29) is 5.56 Å². The van der Waals surface area contributed by atoms with Crippen molar-refractivity contribution in [2.45, 2.75) is 23.3 Å². The lowest BCUT2D eigenvalue weighted by molar-refractivity contribution is 0.0696. The molecule has 0 amide bonds. The minimum absolute atomic E-state index is 0.199. The summed E-state index contributed by atoms with van der Waals surface area (Å²) in [7, 11) is 0. The second kappa shape index (κ2) is 7.66. The number of aromatic nitrogens is 3. The van der Waals surface area contributed by atoms with Gasteiger partial charge in [0, 0.05) is 28.0 Å². The van der Waals surface area contributed by atoms with E-state index in [1.54, 1.807) is 35.1 Å². The zero-order valence-electron chi connectivity index (χ0n) is 15.3. The van der Waals surface area contributed by atoms with E-state index in [0.29, 0.717) is 17.3 Å². The van der Waals surface area contributed by atoms with Gasteiger partial charge >= 0.3 is 5.97 Å². The molecule has 0 unspecified atom stereocenters. The van der Waals surface area contributed by atoms with Crippen LogP contribution in [0.3, 0.4) is 0 Å². The Bertz CT molecular complexity index is 1290. The maximum Gasteiger partial charge on any atom is 0.335 e. The molecule has 6 nitrogen and oxygen atoms in total. The predicted molar refractivity (Wildman–Crippen MR) is 112 cm³/mol. The summed E-state index contributed by atoms with van der Waals surface area (Å²) >= 11 is 7.60. The standard InChI is InChI=1S/C21H15ClN4O2S/c1-2-25-12-15(11-24-25)26-18-9-14(22)6-7-17(18)20(19(26)10-23)29-16-5-3-4-13(8-16)21(27)28/h3-9,11-12H,2H2,1H3,(H,27,28). The van der Waals surface area contributed by atoms with Gasteiger partial charge in [-0.3, -0.25) is 9.25 Å². The van der Waals surface area contributed by atoms with E-state index in [4.69, 9.17) is 11.6 Å². The minimum Gasteiger partial charge on any atom is -0.478 e. The van der Waals surface area contributed by atoms with Gasteiger partial charge in [0.25, 0.3) is 0 Å². The van der Waals surface area contributed by atoms with Crippen LogP contribution in [0.4, 0.5) is 0 Å². The van der Waals surface area contributed by atoms with E-state index in [9.17, 15) is 15.2 Å². The summed E-state index contributed by atoms with van der Waals surface area (Å²) in [5, 5.41) is 25.0. The fourth-order valence-corrected chi connectivity index (χ4v) is 4.41. The van der Waals surface area contributed by atoms with Crippen LogP contribution in [0.5, 0.6) is 0 Å². The smallest absolute Gasteiger partial charge is 0.335 e. The first kappa shape index (κ1) is 19.1. The van der Waals surface area contributed by atoms with E-state index < -0.39 is 5.97 Å². The fourth-order valence-electron chi connectivity index (χ4n) is 3.16. The third-order valence-electron chi connectivity index (χ3n) is 4.49. The summed E-state index contributed by atoms with van der Waals surface area (Å²) in [5.41, 5.74) is 2.21. The molecule has 8 heteroatoms. The monoisotopic (exact) mass is 422 g/mol. The number of carboxylic acids is 1. The van der Waals surface area contributed by atoms with Crippen LogP contribution in [-0.2, 0) is 6.54 Å². The molecule has 4 rings (SSSR count). The Morgan fingerprint density at radius 3 is 2.83 bits per heavy atom. The second-order valence-corrected chi connectivity index (χ2v) is 7.80. The van der Waals surface area contributed by atoms with Crippen molar-refractivity contribution < 1.29 is 9.90 Å². The van der Waals surface area contributed by atoms with Crippen LogP contribution in [0.15, 0.2) is 64.6 Å². The van der Waals surface area contributed by atoms with E-state index in [1.807, 2.05) is 35.9 Å². The van der Waals surface area contributed by atoms with Crippen LogP contribution in [0.25, 0.3) is 16.6 Å². The summed E-state index contributed by atoms with van der Waals surface area (Å²) in [4.78, 5) is 12.8. The summed E-state index contributed by atoms with van der Waals surface area (Å²) in [6.45, 7) is 2.70. The molecular formula is C21H15ClN4O2S. The quantitative estimate of drug-likeness (QED) is 0.476. The van der Waals surface area contributed by atoms with Gasteiger partial charge < -0.3 is 5.11 Å². The first-order valence-electron chi connectivity index (χ1n) is 8.80. The summed E-state index contributed by atoms with van der Waals surface area (Å²) in [6.07, 6.45) is 3.59. The van der Waals surface area contributed by atoms with Gasteiger partial charge in [-0.2, -0.15) is 10.4 Å². The molecule has 0 saturated heterocycles. The maximum absolute atomic E-state index is 11.3. The molecule has 29 heavy (non-hydrogen) atoms. The molecule has 0 saturated carbocycles. The van der Waals surface area contributed by atoms with Gasteiger partial charge in [0.1, 0.15) is 11.8 Å². The van der Waals surface area contributed by atoms with E-state index in [2.05, 4.69) is 11.2 Å². The van der Waals surface area contributed by atoms with Crippen LogP contribution in [0.2, 0.25) is 5.02 Å². The van der Waals surface area contributed by atoms with Gasteiger partial charge in [0.15, 0.2) is 0 Å². The Labute approximate surface area is 175 Å². The van der Waals surface area contributed by atoms with Gasteiger partial charge in [0.05, 0.1) is 27.9 Å². The van der Waals surface area contributed by atoms with Crippen molar-refractivity contribution in [3.8, 4) is 11.8 Å². The molecule has 144 valence electrons. The van der Waals surface area contributed by atoms with Crippen molar-refractivity contribution in [1.82, 2.24) is 14.3 Å². The lowest BCUT2D eigenvalue weighted by atomic mass is 10.2. The lowest BCUT2D eigenvalue weighted by Crippen LogP contribution is -1.97. The highest BCUT2D eigenvalue weighted by atomic mass is 35.5. The normalized spacial score (nSPS) is 10.9. The molecule has 0 radical (unpaired) electrons. The largest absolute Gasteiger partial charge is 0.478 e. The zero-order chi connectivity index (χ0) is 20.5. The number of hydrogen-bond donors (Lipinski definition) is 1. The highest BCUT2D eigenvalue weighted by Gasteiger charge is 2.21. The van der Waals surface area contributed by atoms with Gasteiger partial charge in [-0.1, -0.05) is 35.5 Å². The molecule has 0 spiro atoms. The molecule has 0 aliphatic carbocycles. The van der Waals surface area contributed by atoms with Crippen molar-refractivity contribution in [2.24, 2.45) is 0 Å². The van der Waals surface area contributed by atoms with E-state index >= 15 is 0 Å². The Balaban J connectivity index is 1.94. The number of fused-ring (bicyclic) bond motifs is 1. The van der Waals surface area contributed by atoms with Crippen LogP contribution in [0, 0.1) is 11.3 Å². The fraction of sp³-hybridized carbons (Fsp3) is 0.0952. The Hall–Kier alpha value is -3.21. The summed E-state index contributed by atoms with van der Waals surface area (Å²) in [6, 6.07) is 14.4. The predicted octanol–water partition coefficient (Wildman–Crippen LogP) is 5.22. The van der Waals surface area contributed by atoms with Gasteiger partial charge in [0.2, 0.25) is 0 Å². The van der Waals surface area contributed by atoms with Crippen LogP contribution in [0.1, 0.15) is 23.0 Å². The molecule has 0 aliphatic heterocycles. The molecular weight excluding hydrogens is 408 g/mol. The highest BCUT2D eigenvalue weighted by molar-refractivity contribution is 7.99. The molecule has 0 aliphatic rings. The van der Waals surface area contributed by atoms with Crippen LogP contribution < -0.4 is 0 Å². The second-order valence-electron chi connectivity index (χ2n) is 6.28. The first-order valence-corrected chi connectivity index (χ1v) is 9.99. The van der Waals surface area contributed by atoms with Crippen LogP contribution >= 0.6 is 23.4 Å². The zero-order valence-corrected chi connectivity index (χ0v) is 16.9. The number of carboxylic acid groups (broad SMARTS) is 1. The number of aromatic carboxylic acids is 1. The van der Waals surface area contributed by atoms with Crippen molar-refractivity contribution in [3.05, 3.63) is 71.1 Å². The van der Waals surface area contributed by atoms with Gasteiger partial charge in [-0.15, -0.1) is 0 Å². The average molecular weight is 423 g/mol. The lowest BCUT2D eigenvalue weighted by Gasteiger charge is -2.04. The number of carbonyl (C=O) groups is 1. The first-order chi connectivity index (χ1) is 14.0. The molecule has 4 aromatic rings. The molecule has 0 atom stereocenters. The highest BCUT2D eigenvalue weighted by Crippen LogP contribution is 2.40. The van der Waals surface area contributed by atoms with Gasteiger partial charge in [-0.05, 0) is 37.3 Å². The molecule has 1 N–H and O–H groups in total. The third kappa shape index (κ3) is 3.48. The summed E-state index contributed by atoms with van der Waals surface area (Å²) < 4.78 is 3.62. The number of rotatable bonds is 5. The molecule has 0 fully saturated rings. The number of nitrogens with zero attached hydrogens (tertiary/aromatic N) is 4. The van der Waals surface area contributed by atoms with E-state index in [0.717, 1.165) is 26.4 Å². The SMILES string of the molecule is CCn1cc(-n2c(C#N)c(Sc3cccc(C(=O)O)c3)c3ccc(Cl)cc32)cn1. The molecule has 2 heterocycles. The number of halogens is 1. The summed E-state index contributed by atoms with van der Waals surface area (Å²) in [5.74, 6) is -0.992. The Kier molecular flexibility index (Phi) is 5.05. The maximum atomic E-state index is 11.3. The van der Waals surface area contributed by atoms with Crippen LogP contribution in [-0.4, -0.2) is 25.4 Å². The van der Waals surface area contributed by atoms with Crippen molar-refractivity contribution in [2.75, 3.05) is 0 Å². The average Bonchev–Trinajstić information content (AvgIpc) is 3.30. The molecule has 0 bridgehead atoms.